The van der Waals surface area contributed by atoms with Gasteiger partial charge in [-0.3, -0.25) is 0 Å². The van der Waals surface area contributed by atoms with E-state index in [0.29, 0.717) is 6.04 Å². The molecule has 1 nitrogen and oxygen atoms in total. The molecular formula is C18H29Br2N. The standard InChI is InChI=1S/C18H29Br2N/c1-3-4-5-6-7-8-9-10-11-18(21-2)15-12-16(19)14-17(20)13-15/h12-14,18,21H,3-11H2,1-2H3. The predicted molar refractivity (Wildman–Crippen MR) is 101 cm³/mol. The van der Waals surface area contributed by atoms with Crippen molar-refractivity contribution < 1.29 is 0 Å². The molecule has 0 saturated carbocycles. The lowest BCUT2D eigenvalue weighted by atomic mass is 9.99. The van der Waals surface area contributed by atoms with Crippen LogP contribution in [0, 0.1) is 0 Å². The topological polar surface area (TPSA) is 12.0 Å². The van der Waals surface area contributed by atoms with E-state index in [1.807, 2.05) is 0 Å². The van der Waals surface area contributed by atoms with Gasteiger partial charge in [0.25, 0.3) is 0 Å². The van der Waals surface area contributed by atoms with Crippen LogP contribution in [0.2, 0.25) is 0 Å². The molecule has 1 atom stereocenters. The molecule has 0 bridgehead atoms. The zero-order valence-electron chi connectivity index (χ0n) is 13.4. The first-order chi connectivity index (χ1) is 10.2. The van der Waals surface area contributed by atoms with Crippen LogP contribution in [0.25, 0.3) is 0 Å². The SMILES string of the molecule is CCCCCCCCCCC(NC)c1cc(Br)cc(Br)c1. The Balaban J connectivity index is 2.25. The molecule has 1 aromatic carbocycles. The monoisotopic (exact) mass is 417 g/mol. The van der Waals surface area contributed by atoms with Crippen LogP contribution in [0.1, 0.15) is 76.3 Å². The van der Waals surface area contributed by atoms with E-state index in [-0.39, 0.29) is 0 Å². The third-order valence-corrected chi connectivity index (χ3v) is 4.90. The van der Waals surface area contributed by atoms with Crippen molar-refractivity contribution >= 4 is 31.9 Å². The third-order valence-electron chi connectivity index (χ3n) is 3.98. The van der Waals surface area contributed by atoms with Crippen LogP contribution in [-0.2, 0) is 0 Å². The molecule has 0 amide bonds. The highest BCUT2D eigenvalue weighted by Gasteiger charge is 2.10. The van der Waals surface area contributed by atoms with Crippen LogP contribution < -0.4 is 5.32 Å². The molecule has 1 N–H and O–H groups in total. The molecule has 0 heterocycles. The van der Waals surface area contributed by atoms with Crippen molar-refractivity contribution in [2.45, 2.75) is 70.8 Å². The summed E-state index contributed by atoms with van der Waals surface area (Å²) in [6.07, 6.45) is 12.3. The zero-order valence-corrected chi connectivity index (χ0v) is 16.6. The Morgan fingerprint density at radius 1 is 0.857 bits per heavy atom. The Bertz CT molecular complexity index is 373. The van der Waals surface area contributed by atoms with Crippen molar-refractivity contribution in [1.29, 1.82) is 0 Å². The Labute approximate surface area is 147 Å². The van der Waals surface area contributed by atoms with E-state index in [2.05, 4.69) is 69.3 Å². The molecule has 0 aliphatic rings. The van der Waals surface area contributed by atoms with E-state index in [1.54, 1.807) is 0 Å². The summed E-state index contributed by atoms with van der Waals surface area (Å²) in [5.41, 5.74) is 1.36. The second-order valence-electron chi connectivity index (χ2n) is 5.81. The first kappa shape index (κ1) is 19.2. The fourth-order valence-corrected chi connectivity index (χ4v) is 4.07. The normalized spacial score (nSPS) is 12.6. The van der Waals surface area contributed by atoms with Gasteiger partial charge in [0.05, 0.1) is 0 Å². The van der Waals surface area contributed by atoms with Gasteiger partial charge >= 0.3 is 0 Å². The molecule has 0 saturated heterocycles. The fourth-order valence-electron chi connectivity index (χ4n) is 2.74. The number of rotatable bonds is 11. The van der Waals surface area contributed by atoms with Crippen molar-refractivity contribution in [3.05, 3.63) is 32.7 Å². The Morgan fingerprint density at radius 3 is 1.90 bits per heavy atom. The van der Waals surface area contributed by atoms with Gasteiger partial charge in [-0.25, -0.2) is 0 Å². The molecule has 1 aromatic rings. The van der Waals surface area contributed by atoms with Crippen molar-refractivity contribution in [2.24, 2.45) is 0 Å². The highest BCUT2D eigenvalue weighted by molar-refractivity contribution is 9.11. The van der Waals surface area contributed by atoms with Gasteiger partial charge in [0.1, 0.15) is 0 Å². The molecule has 0 fully saturated rings. The number of halogens is 2. The summed E-state index contributed by atoms with van der Waals surface area (Å²) in [7, 11) is 2.06. The fraction of sp³-hybridized carbons (Fsp3) is 0.667. The van der Waals surface area contributed by atoms with Gasteiger partial charge in [-0.2, -0.15) is 0 Å². The lowest BCUT2D eigenvalue weighted by Gasteiger charge is -2.17. The van der Waals surface area contributed by atoms with Gasteiger partial charge in [-0.15, -0.1) is 0 Å². The summed E-state index contributed by atoms with van der Waals surface area (Å²) in [4.78, 5) is 0. The van der Waals surface area contributed by atoms with Crippen LogP contribution in [-0.4, -0.2) is 7.05 Å². The van der Waals surface area contributed by atoms with Crippen LogP contribution in [0.15, 0.2) is 27.1 Å². The minimum absolute atomic E-state index is 0.457. The smallest absolute Gasteiger partial charge is 0.0318 e. The first-order valence-electron chi connectivity index (χ1n) is 8.30. The van der Waals surface area contributed by atoms with Gasteiger partial charge in [-0.1, -0.05) is 90.2 Å². The summed E-state index contributed by atoms with van der Waals surface area (Å²) < 4.78 is 2.28. The maximum Gasteiger partial charge on any atom is 0.0318 e. The van der Waals surface area contributed by atoms with E-state index in [4.69, 9.17) is 0 Å². The first-order valence-corrected chi connectivity index (χ1v) is 9.89. The largest absolute Gasteiger partial charge is 0.313 e. The molecule has 0 spiro atoms. The van der Waals surface area contributed by atoms with Gasteiger partial charge in [0.15, 0.2) is 0 Å². The summed E-state index contributed by atoms with van der Waals surface area (Å²) >= 11 is 7.15. The van der Waals surface area contributed by atoms with Gasteiger partial charge in [-0.05, 0) is 37.2 Å². The molecule has 21 heavy (non-hydrogen) atoms. The second-order valence-corrected chi connectivity index (χ2v) is 7.64. The molecule has 0 aliphatic heterocycles. The minimum atomic E-state index is 0.457. The average Bonchev–Trinajstić information content (AvgIpc) is 2.44. The van der Waals surface area contributed by atoms with E-state index < -0.39 is 0 Å². The van der Waals surface area contributed by atoms with E-state index in [0.717, 1.165) is 8.95 Å². The lowest BCUT2D eigenvalue weighted by molar-refractivity contribution is 0.494. The van der Waals surface area contributed by atoms with E-state index in [1.165, 1.54) is 63.4 Å². The van der Waals surface area contributed by atoms with Crippen molar-refractivity contribution in [2.75, 3.05) is 7.05 Å². The summed E-state index contributed by atoms with van der Waals surface area (Å²) in [6.45, 7) is 2.28. The van der Waals surface area contributed by atoms with Crippen molar-refractivity contribution in [3.8, 4) is 0 Å². The van der Waals surface area contributed by atoms with Crippen molar-refractivity contribution in [1.82, 2.24) is 5.32 Å². The van der Waals surface area contributed by atoms with Crippen molar-refractivity contribution in [3.63, 3.8) is 0 Å². The zero-order chi connectivity index (χ0) is 15.5. The quantitative estimate of drug-likeness (QED) is 0.381. The average molecular weight is 419 g/mol. The summed E-state index contributed by atoms with van der Waals surface area (Å²) in [5.74, 6) is 0. The van der Waals surface area contributed by atoms with Gasteiger partial charge in [0, 0.05) is 15.0 Å². The van der Waals surface area contributed by atoms with Crippen LogP contribution >= 0.6 is 31.9 Å². The maximum atomic E-state index is 3.58. The number of hydrogen-bond donors (Lipinski definition) is 1. The Morgan fingerprint density at radius 2 is 1.38 bits per heavy atom. The molecule has 0 aromatic heterocycles. The minimum Gasteiger partial charge on any atom is -0.313 e. The molecule has 0 radical (unpaired) electrons. The molecule has 1 rings (SSSR count). The molecule has 120 valence electrons. The molecule has 3 heteroatoms. The van der Waals surface area contributed by atoms with Gasteiger partial charge in [0.2, 0.25) is 0 Å². The molecular weight excluding hydrogens is 390 g/mol. The van der Waals surface area contributed by atoms with Gasteiger partial charge < -0.3 is 5.32 Å². The lowest BCUT2D eigenvalue weighted by Crippen LogP contribution is -2.16. The van der Waals surface area contributed by atoms with Crippen LogP contribution in [0.3, 0.4) is 0 Å². The highest BCUT2D eigenvalue weighted by atomic mass is 79.9. The summed E-state index contributed by atoms with van der Waals surface area (Å²) in [5, 5.41) is 3.45. The second kappa shape index (κ2) is 11.7. The van der Waals surface area contributed by atoms with Crippen LogP contribution in [0.4, 0.5) is 0 Å². The number of unbranched alkanes of at least 4 members (excludes halogenated alkanes) is 7. The molecule has 0 aliphatic carbocycles. The Hall–Kier alpha value is 0.140. The predicted octanol–water partition coefficient (Wildman–Crippen LogP) is 7.00. The number of benzene rings is 1. The molecule has 1 unspecified atom stereocenters. The van der Waals surface area contributed by atoms with Crippen LogP contribution in [0.5, 0.6) is 0 Å². The number of nitrogens with one attached hydrogen (secondary N) is 1. The van der Waals surface area contributed by atoms with E-state index >= 15 is 0 Å². The third kappa shape index (κ3) is 8.37. The number of hydrogen-bond acceptors (Lipinski definition) is 1. The highest BCUT2D eigenvalue weighted by Crippen LogP contribution is 2.27. The van der Waals surface area contributed by atoms with E-state index in [9.17, 15) is 0 Å². The Kier molecular flexibility index (Phi) is 10.7. The maximum absolute atomic E-state index is 3.58. The summed E-state index contributed by atoms with van der Waals surface area (Å²) in [6, 6.07) is 6.98.